The number of nitrogens with two attached hydrogens (primary N) is 1. The number of aromatic nitrogens is 1. The zero-order valence-corrected chi connectivity index (χ0v) is 9.63. The second-order valence-electron chi connectivity index (χ2n) is 3.79. The molecule has 0 fully saturated rings. The van der Waals surface area contributed by atoms with E-state index in [9.17, 15) is 4.79 Å². The number of hydrogen-bond acceptors (Lipinski definition) is 4. The van der Waals surface area contributed by atoms with E-state index in [1.165, 1.54) is 6.20 Å². The van der Waals surface area contributed by atoms with Crippen molar-refractivity contribution in [1.29, 1.82) is 0 Å². The summed E-state index contributed by atoms with van der Waals surface area (Å²) in [5.41, 5.74) is 7.64. The molecular weight excluding hydrogens is 230 g/mol. The maximum atomic E-state index is 11.8. The highest BCUT2D eigenvalue weighted by Crippen LogP contribution is 2.12. The molecule has 18 heavy (non-hydrogen) atoms. The van der Waals surface area contributed by atoms with E-state index >= 15 is 0 Å². The van der Waals surface area contributed by atoms with Crippen molar-refractivity contribution in [1.82, 2.24) is 4.98 Å². The van der Waals surface area contributed by atoms with Crippen LogP contribution >= 0.6 is 0 Å². The lowest BCUT2D eigenvalue weighted by Gasteiger charge is -2.06. The Labute approximate surface area is 104 Å². The van der Waals surface area contributed by atoms with Gasteiger partial charge in [-0.2, -0.15) is 0 Å². The summed E-state index contributed by atoms with van der Waals surface area (Å²) >= 11 is 0. The summed E-state index contributed by atoms with van der Waals surface area (Å²) in [7, 11) is 0. The highest BCUT2D eigenvalue weighted by Gasteiger charge is 2.07. The van der Waals surface area contributed by atoms with Gasteiger partial charge < -0.3 is 16.2 Å². The van der Waals surface area contributed by atoms with Crippen LogP contribution < -0.4 is 11.1 Å². The van der Waals surface area contributed by atoms with E-state index in [4.69, 9.17) is 10.8 Å². The molecule has 0 unspecified atom stereocenters. The van der Waals surface area contributed by atoms with Gasteiger partial charge in [-0.1, -0.05) is 12.1 Å². The Balaban J connectivity index is 2.13. The van der Waals surface area contributed by atoms with Gasteiger partial charge in [0.15, 0.2) is 0 Å². The number of nitrogens with zero attached hydrogens (tertiary/aromatic N) is 1. The van der Waals surface area contributed by atoms with Gasteiger partial charge in [-0.25, -0.2) is 4.98 Å². The summed E-state index contributed by atoms with van der Waals surface area (Å²) in [4.78, 5) is 15.8. The molecular formula is C13H13N3O2. The van der Waals surface area contributed by atoms with Crippen molar-refractivity contribution in [3.05, 3.63) is 53.9 Å². The number of amides is 1. The highest BCUT2D eigenvalue weighted by atomic mass is 16.3. The maximum Gasteiger partial charge on any atom is 0.274 e. The molecule has 92 valence electrons. The predicted molar refractivity (Wildman–Crippen MR) is 69.0 cm³/mol. The van der Waals surface area contributed by atoms with E-state index in [-0.39, 0.29) is 12.5 Å². The molecule has 1 aromatic carbocycles. The molecule has 0 saturated carbocycles. The third-order valence-corrected chi connectivity index (χ3v) is 2.39. The average Bonchev–Trinajstić information content (AvgIpc) is 2.39. The van der Waals surface area contributed by atoms with Crippen molar-refractivity contribution in [2.24, 2.45) is 0 Å². The zero-order valence-electron chi connectivity index (χ0n) is 9.63. The molecule has 5 heteroatoms. The fourth-order valence-corrected chi connectivity index (χ4v) is 1.48. The molecule has 1 aromatic heterocycles. The first-order valence-electron chi connectivity index (χ1n) is 5.42. The number of hydrogen-bond donors (Lipinski definition) is 3. The van der Waals surface area contributed by atoms with Gasteiger partial charge in [0.2, 0.25) is 0 Å². The van der Waals surface area contributed by atoms with E-state index in [0.29, 0.717) is 17.1 Å². The topological polar surface area (TPSA) is 88.2 Å². The second-order valence-corrected chi connectivity index (χ2v) is 3.79. The molecule has 0 spiro atoms. The van der Waals surface area contributed by atoms with Gasteiger partial charge in [0.25, 0.3) is 5.91 Å². The van der Waals surface area contributed by atoms with Crippen LogP contribution in [0.25, 0.3) is 0 Å². The first-order valence-corrected chi connectivity index (χ1v) is 5.42. The minimum absolute atomic E-state index is 0.0656. The monoisotopic (exact) mass is 243 g/mol. The lowest BCUT2D eigenvalue weighted by molar-refractivity contribution is 0.102. The number of aliphatic hydroxyl groups is 1. The lowest BCUT2D eigenvalue weighted by atomic mass is 10.2. The van der Waals surface area contributed by atoms with Crippen molar-refractivity contribution in [2.75, 3.05) is 11.1 Å². The van der Waals surface area contributed by atoms with Gasteiger partial charge in [-0.15, -0.1) is 0 Å². The van der Waals surface area contributed by atoms with Crippen molar-refractivity contribution < 1.29 is 9.90 Å². The van der Waals surface area contributed by atoms with Gasteiger partial charge in [0.05, 0.1) is 18.5 Å². The number of benzene rings is 1. The first kappa shape index (κ1) is 12.1. The molecule has 2 rings (SSSR count). The van der Waals surface area contributed by atoms with Gasteiger partial charge >= 0.3 is 0 Å². The summed E-state index contributed by atoms with van der Waals surface area (Å²) in [6.45, 7) is -0.0656. The lowest BCUT2D eigenvalue weighted by Crippen LogP contribution is -2.13. The Morgan fingerprint density at radius 2 is 2.17 bits per heavy atom. The minimum atomic E-state index is -0.315. The van der Waals surface area contributed by atoms with Gasteiger partial charge in [-0.05, 0) is 29.8 Å². The molecule has 0 aliphatic heterocycles. The van der Waals surface area contributed by atoms with Crippen molar-refractivity contribution in [2.45, 2.75) is 6.61 Å². The van der Waals surface area contributed by atoms with Crippen LogP contribution in [0.1, 0.15) is 16.1 Å². The summed E-state index contributed by atoms with van der Waals surface area (Å²) in [5, 5.41) is 11.7. The van der Waals surface area contributed by atoms with Crippen LogP contribution in [0.2, 0.25) is 0 Å². The molecule has 0 bridgehead atoms. The van der Waals surface area contributed by atoms with Crippen molar-refractivity contribution >= 4 is 17.3 Å². The molecule has 4 N–H and O–H groups in total. The summed E-state index contributed by atoms with van der Waals surface area (Å²) in [6, 6.07) is 10.2. The summed E-state index contributed by atoms with van der Waals surface area (Å²) in [5.74, 6) is -0.315. The van der Waals surface area contributed by atoms with Crippen LogP contribution in [0.15, 0.2) is 42.6 Å². The normalized spacial score (nSPS) is 10.1. The number of pyridine rings is 1. The Bertz CT molecular complexity index is 552. The van der Waals surface area contributed by atoms with Crippen LogP contribution in [0.5, 0.6) is 0 Å². The number of rotatable bonds is 3. The third kappa shape index (κ3) is 2.83. The van der Waals surface area contributed by atoms with Crippen LogP contribution in [-0.2, 0) is 6.61 Å². The molecule has 0 saturated heterocycles. The number of aliphatic hydroxyl groups excluding tert-OH is 1. The van der Waals surface area contributed by atoms with Crippen LogP contribution in [0, 0.1) is 0 Å². The molecule has 0 aliphatic carbocycles. The standard InChI is InChI=1S/C13H13N3O2/c14-10-4-5-12(15-7-10)13(18)16-11-3-1-2-9(6-11)8-17/h1-7,17H,8,14H2,(H,16,18). The Morgan fingerprint density at radius 1 is 1.33 bits per heavy atom. The smallest absolute Gasteiger partial charge is 0.274 e. The fourth-order valence-electron chi connectivity index (χ4n) is 1.48. The number of carbonyl (C=O) groups is 1. The van der Waals surface area contributed by atoms with Crippen molar-refractivity contribution in [3.63, 3.8) is 0 Å². The van der Waals surface area contributed by atoms with Gasteiger partial charge in [0.1, 0.15) is 5.69 Å². The van der Waals surface area contributed by atoms with E-state index in [0.717, 1.165) is 5.56 Å². The highest BCUT2D eigenvalue weighted by molar-refractivity contribution is 6.02. The van der Waals surface area contributed by atoms with Gasteiger partial charge in [-0.3, -0.25) is 4.79 Å². The van der Waals surface area contributed by atoms with E-state index in [2.05, 4.69) is 10.3 Å². The fraction of sp³-hybridized carbons (Fsp3) is 0.0769. The maximum absolute atomic E-state index is 11.8. The molecule has 0 radical (unpaired) electrons. The molecule has 2 aromatic rings. The SMILES string of the molecule is Nc1ccc(C(=O)Nc2cccc(CO)c2)nc1. The third-order valence-electron chi connectivity index (χ3n) is 2.39. The largest absolute Gasteiger partial charge is 0.397 e. The Hall–Kier alpha value is -2.40. The van der Waals surface area contributed by atoms with Crippen LogP contribution in [-0.4, -0.2) is 16.0 Å². The summed E-state index contributed by atoms with van der Waals surface area (Å²) < 4.78 is 0. The molecule has 0 aliphatic rings. The first-order chi connectivity index (χ1) is 8.69. The average molecular weight is 243 g/mol. The Morgan fingerprint density at radius 3 is 2.83 bits per heavy atom. The number of anilines is 2. The van der Waals surface area contributed by atoms with Crippen LogP contribution in [0.4, 0.5) is 11.4 Å². The Kier molecular flexibility index (Phi) is 3.54. The number of nitrogen functional groups attached to an aromatic ring is 1. The van der Waals surface area contributed by atoms with E-state index < -0.39 is 0 Å². The number of nitrogens with one attached hydrogen (secondary N) is 1. The summed E-state index contributed by atoms with van der Waals surface area (Å²) in [6.07, 6.45) is 1.43. The van der Waals surface area contributed by atoms with E-state index in [1.54, 1.807) is 36.4 Å². The quantitative estimate of drug-likeness (QED) is 0.760. The molecule has 1 amide bonds. The zero-order chi connectivity index (χ0) is 13.0. The predicted octanol–water partition coefficient (Wildman–Crippen LogP) is 1.41. The molecule has 1 heterocycles. The second kappa shape index (κ2) is 5.29. The molecule has 5 nitrogen and oxygen atoms in total. The molecule has 0 atom stereocenters. The van der Waals surface area contributed by atoms with Gasteiger partial charge in [0, 0.05) is 5.69 Å². The minimum Gasteiger partial charge on any atom is -0.397 e. The number of carbonyl (C=O) groups excluding carboxylic acids is 1. The van der Waals surface area contributed by atoms with Crippen LogP contribution in [0.3, 0.4) is 0 Å². The van der Waals surface area contributed by atoms with Crippen molar-refractivity contribution in [3.8, 4) is 0 Å². The van der Waals surface area contributed by atoms with E-state index in [1.807, 2.05) is 0 Å².